The van der Waals surface area contributed by atoms with Crippen molar-refractivity contribution in [3.8, 4) is 11.5 Å². The first-order chi connectivity index (χ1) is 14.5. The summed E-state index contributed by atoms with van der Waals surface area (Å²) in [6, 6.07) is 13.9. The molecular weight excluding hydrogens is 410 g/mol. The van der Waals surface area contributed by atoms with E-state index in [4.69, 9.17) is 4.74 Å². The minimum absolute atomic E-state index is 0.132. The van der Waals surface area contributed by atoms with Crippen molar-refractivity contribution in [1.82, 2.24) is 0 Å². The summed E-state index contributed by atoms with van der Waals surface area (Å²) in [5, 5.41) is 5.00. The highest BCUT2D eigenvalue weighted by Crippen LogP contribution is 2.33. The molecule has 2 heterocycles. The van der Waals surface area contributed by atoms with Crippen molar-refractivity contribution < 1.29 is 23.0 Å². The third kappa shape index (κ3) is 4.23. The average molecular weight is 430 g/mol. The predicted octanol–water partition coefficient (Wildman–Crippen LogP) is 5.17. The van der Waals surface area contributed by atoms with Gasteiger partial charge in [-0.3, -0.25) is 4.79 Å². The van der Waals surface area contributed by atoms with Crippen molar-refractivity contribution in [3.63, 3.8) is 0 Å². The average Bonchev–Trinajstić information content (AvgIpc) is 3.21. The van der Waals surface area contributed by atoms with Crippen LogP contribution in [0, 0.1) is 0 Å². The molecule has 156 valence electrons. The van der Waals surface area contributed by atoms with Crippen LogP contribution in [0.5, 0.6) is 11.5 Å². The molecule has 0 bridgehead atoms. The van der Waals surface area contributed by atoms with Gasteiger partial charge in [-0.05, 0) is 53.8 Å². The van der Waals surface area contributed by atoms with E-state index in [1.165, 1.54) is 35.7 Å². The lowest BCUT2D eigenvalue weighted by Gasteiger charge is -2.30. The quantitative estimate of drug-likeness (QED) is 0.586. The third-order valence-electron chi connectivity index (χ3n) is 4.94. The molecule has 0 fully saturated rings. The van der Waals surface area contributed by atoms with Gasteiger partial charge in [-0.2, -0.15) is 8.78 Å². The molecule has 0 saturated heterocycles. The molecule has 2 aromatic carbocycles. The highest BCUT2D eigenvalue weighted by atomic mass is 32.1. The number of benzene rings is 2. The zero-order valence-corrected chi connectivity index (χ0v) is 17.0. The molecule has 0 radical (unpaired) electrons. The molecule has 1 aliphatic heterocycles. The molecule has 1 N–H and O–H groups in total. The molecule has 0 saturated carbocycles. The summed E-state index contributed by atoms with van der Waals surface area (Å²) in [5.74, 6) is -0.473. The topological polar surface area (TPSA) is 50.8 Å². The molecule has 0 unspecified atom stereocenters. The Morgan fingerprint density at radius 1 is 1.17 bits per heavy atom. The van der Waals surface area contributed by atoms with Gasteiger partial charge in [0.15, 0.2) is 11.5 Å². The molecule has 5 nitrogen and oxygen atoms in total. The number of carbonyl (C=O) groups is 1. The fraction of sp³-hybridized carbons (Fsp3) is 0.227. The number of ether oxygens (including phenoxy) is 2. The van der Waals surface area contributed by atoms with Crippen LogP contribution < -0.4 is 19.7 Å². The van der Waals surface area contributed by atoms with Crippen molar-refractivity contribution in [2.45, 2.75) is 19.6 Å². The Labute approximate surface area is 176 Å². The van der Waals surface area contributed by atoms with Gasteiger partial charge in [-0.15, -0.1) is 11.3 Å². The summed E-state index contributed by atoms with van der Waals surface area (Å²) >= 11 is 1.77. The van der Waals surface area contributed by atoms with E-state index in [2.05, 4.69) is 26.4 Å². The zero-order valence-electron chi connectivity index (χ0n) is 16.2. The number of methoxy groups -OCH3 is 1. The number of fused-ring (bicyclic) bond motifs is 1. The minimum atomic E-state index is -3.01. The Bertz CT molecular complexity index is 1050. The van der Waals surface area contributed by atoms with Crippen LogP contribution in [-0.4, -0.2) is 26.2 Å². The van der Waals surface area contributed by atoms with Crippen molar-refractivity contribution in [1.29, 1.82) is 0 Å². The molecule has 30 heavy (non-hydrogen) atoms. The van der Waals surface area contributed by atoms with Gasteiger partial charge in [0.05, 0.1) is 18.5 Å². The summed E-state index contributed by atoms with van der Waals surface area (Å²) in [4.78, 5) is 16.5. The summed E-state index contributed by atoms with van der Waals surface area (Å²) in [6.07, 6.45) is 0.960. The van der Waals surface area contributed by atoms with E-state index in [-0.39, 0.29) is 17.1 Å². The van der Waals surface area contributed by atoms with Crippen LogP contribution >= 0.6 is 11.3 Å². The number of rotatable bonds is 6. The van der Waals surface area contributed by atoms with E-state index in [0.717, 1.165) is 25.2 Å². The van der Waals surface area contributed by atoms with Crippen molar-refractivity contribution in [2.75, 3.05) is 23.9 Å². The number of anilines is 2. The van der Waals surface area contributed by atoms with E-state index in [1.54, 1.807) is 11.3 Å². The van der Waals surface area contributed by atoms with E-state index in [1.807, 2.05) is 24.3 Å². The van der Waals surface area contributed by atoms with Crippen LogP contribution in [0.1, 0.15) is 20.8 Å². The molecule has 1 aliphatic rings. The molecule has 0 spiro atoms. The summed E-state index contributed by atoms with van der Waals surface area (Å²) in [5.41, 5.74) is 3.07. The first kappa shape index (κ1) is 20.2. The standard InChI is InChI=1S/C22H20F2N2O3S/c1-28-18-7-6-14(12-19(18)29-22(23)24)21(27)25-16-4-2-3-5-17(16)26-10-8-20-15(13-26)9-11-30-20/h2-7,9,11-12,22H,8,10,13H2,1H3,(H,25,27). The number of carbonyl (C=O) groups excluding carboxylic acids is 1. The smallest absolute Gasteiger partial charge is 0.387 e. The molecule has 8 heteroatoms. The summed E-state index contributed by atoms with van der Waals surface area (Å²) in [7, 11) is 1.35. The van der Waals surface area contributed by atoms with Crippen LogP contribution in [-0.2, 0) is 13.0 Å². The fourth-order valence-electron chi connectivity index (χ4n) is 3.51. The largest absolute Gasteiger partial charge is 0.493 e. The number of hydrogen-bond acceptors (Lipinski definition) is 5. The summed E-state index contributed by atoms with van der Waals surface area (Å²) in [6.45, 7) is -1.38. The number of amides is 1. The Morgan fingerprint density at radius 3 is 2.80 bits per heavy atom. The lowest BCUT2D eigenvalue weighted by Crippen LogP contribution is -2.30. The Hall–Kier alpha value is -3.13. The Morgan fingerprint density at radius 2 is 2.00 bits per heavy atom. The van der Waals surface area contributed by atoms with Gasteiger partial charge in [0.2, 0.25) is 0 Å². The highest BCUT2D eigenvalue weighted by Gasteiger charge is 2.21. The van der Waals surface area contributed by atoms with Gasteiger partial charge in [-0.25, -0.2) is 0 Å². The van der Waals surface area contributed by atoms with E-state index >= 15 is 0 Å². The second kappa shape index (κ2) is 8.71. The number of halogens is 2. The molecule has 4 rings (SSSR count). The van der Waals surface area contributed by atoms with Crippen LogP contribution in [0.4, 0.5) is 20.2 Å². The molecule has 0 atom stereocenters. The molecule has 3 aromatic rings. The summed E-state index contributed by atoms with van der Waals surface area (Å²) < 4.78 is 34.8. The van der Waals surface area contributed by atoms with Crippen LogP contribution in [0.15, 0.2) is 53.9 Å². The second-order valence-electron chi connectivity index (χ2n) is 6.76. The Kier molecular flexibility index (Phi) is 5.85. The highest BCUT2D eigenvalue weighted by molar-refractivity contribution is 7.10. The molecule has 1 aromatic heterocycles. The molecule has 0 aliphatic carbocycles. The number of nitrogens with one attached hydrogen (secondary N) is 1. The monoisotopic (exact) mass is 430 g/mol. The Balaban J connectivity index is 1.56. The number of thiophene rings is 1. The maximum absolute atomic E-state index is 12.8. The maximum atomic E-state index is 12.8. The minimum Gasteiger partial charge on any atom is -0.493 e. The third-order valence-corrected chi connectivity index (χ3v) is 5.97. The zero-order chi connectivity index (χ0) is 21.1. The fourth-order valence-corrected chi connectivity index (χ4v) is 4.40. The van der Waals surface area contributed by atoms with Gasteiger partial charge in [-0.1, -0.05) is 12.1 Å². The molecular formula is C22H20F2N2O3S. The van der Waals surface area contributed by atoms with E-state index in [0.29, 0.717) is 5.69 Å². The van der Waals surface area contributed by atoms with Gasteiger partial charge in [0.25, 0.3) is 5.91 Å². The van der Waals surface area contributed by atoms with Gasteiger partial charge in [0, 0.05) is 23.5 Å². The lowest BCUT2D eigenvalue weighted by atomic mass is 10.1. The second-order valence-corrected chi connectivity index (χ2v) is 7.76. The van der Waals surface area contributed by atoms with Gasteiger partial charge < -0.3 is 19.7 Å². The van der Waals surface area contributed by atoms with Crippen LogP contribution in [0.2, 0.25) is 0 Å². The SMILES string of the molecule is COc1ccc(C(=O)Nc2ccccc2N2CCc3sccc3C2)cc1OC(F)F. The van der Waals surface area contributed by atoms with Gasteiger partial charge >= 0.3 is 6.61 Å². The number of alkyl halides is 2. The van der Waals surface area contributed by atoms with Crippen molar-refractivity contribution in [3.05, 3.63) is 69.9 Å². The lowest BCUT2D eigenvalue weighted by molar-refractivity contribution is -0.0512. The van der Waals surface area contributed by atoms with Crippen molar-refractivity contribution in [2.24, 2.45) is 0 Å². The first-order valence-electron chi connectivity index (χ1n) is 9.38. The van der Waals surface area contributed by atoms with E-state index < -0.39 is 12.5 Å². The first-order valence-corrected chi connectivity index (χ1v) is 10.3. The predicted molar refractivity (Wildman–Crippen MR) is 113 cm³/mol. The van der Waals surface area contributed by atoms with Crippen LogP contribution in [0.3, 0.4) is 0 Å². The normalized spacial score (nSPS) is 13.1. The van der Waals surface area contributed by atoms with Crippen molar-refractivity contribution >= 4 is 28.6 Å². The van der Waals surface area contributed by atoms with Gasteiger partial charge in [0.1, 0.15) is 0 Å². The molecule has 1 amide bonds. The number of para-hydroxylation sites is 2. The number of hydrogen-bond donors (Lipinski definition) is 1. The number of nitrogens with zero attached hydrogens (tertiary/aromatic N) is 1. The maximum Gasteiger partial charge on any atom is 0.387 e. The van der Waals surface area contributed by atoms with Crippen LogP contribution in [0.25, 0.3) is 0 Å². The van der Waals surface area contributed by atoms with E-state index in [9.17, 15) is 13.6 Å².